The molecule has 0 bridgehead atoms. The van der Waals surface area contributed by atoms with Crippen molar-refractivity contribution in [2.24, 2.45) is 0 Å². The van der Waals surface area contributed by atoms with Crippen molar-refractivity contribution in [2.75, 3.05) is 13.7 Å². The number of H-pyrrole nitrogens is 1. The minimum Gasteiger partial charge on any atom is -0.477 e. The molecule has 0 unspecified atom stereocenters. The van der Waals surface area contributed by atoms with Crippen LogP contribution in [0.5, 0.6) is 0 Å². The molecule has 0 saturated carbocycles. The van der Waals surface area contributed by atoms with Gasteiger partial charge in [-0.3, -0.25) is 5.10 Å². The van der Waals surface area contributed by atoms with Crippen LogP contribution in [0.15, 0.2) is 30.5 Å². The maximum atomic E-state index is 14.6. The van der Waals surface area contributed by atoms with E-state index in [2.05, 4.69) is 15.2 Å². The second kappa shape index (κ2) is 7.87. The van der Waals surface area contributed by atoms with E-state index in [9.17, 15) is 18.0 Å². The van der Waals surface area contributed by atoms with Crippen molar-refractivity contribution in [2.45, 2.75) is 38.5 Å². The van der Waals surface area contributed by atoms with Gasteiger partial charge in [-0.1, -0.05) is 13.8 Å². The van der Waals surface area contributed by atoms with Gasteiger partial charge in [0.05, 0.1) is 30.3 Å². The molecule has 0 aliphatic carbocycles. The van der Waals surface area contributed by atoms with Crippen molar-refractivity contribution in [1.29, 1.82) is 0 Å². The summed E-state index contributed by atoms with van der Waals surface area (Å²) in [4.78, 5) is 15.8. The Bertz CT molecular complexity index is 1370. The number of aromatic nitrogens is 4. The number of halogens is 3. The first kappa shape index (κ1) is 22.8. The SMILES string of the molecule is COCC(C)(C)c1c(CC(F)(F)C(=O)O)c2nc3[nH]ncc3cc2n1-c1ccc(F)c(C)c1. The highest BCUT2D eigenvalue weighted by atomic mass is 19.3. The number of fused-ring (bicyclic) bond motifs is 2. The number of aromatic amines is 1. The fourth-order valence-corrected chi connectivity index (χ4v) is 4.27. The quantitative estimate of drug-likeness (QED) is 0.423. The third kappa shape index (κ3) is 3.84. The number of alkyl halides is 2. The number of rotatable bonds is 7. The number of benzene rings is 1. The summed E-state index contributed by atoms with van der Waals surface area (Å²) < 4.78 is 50.3. The topological polar surface area (TPSA) is 93.0 Å². The van der Waals surface area contributed by atoms with Crippen molar-refractivity contribution >= 4 is 28.0 Å². The summed E-state index contributed by atoms with van der Waals surface area (Å²) in [6.45, 7) is 5.39. The first-order valence-corrected chi connectivity index (χ1v) is 10.2. The zero-order valence-electron chi connectivity index (χ0n) is 18.5. The Hall–Kier alpha value is -3.40. The fourth-order valence-electron chi connectivity index (χ4n) is 4.27. The minimum atomic E-state index is -4.03. The number of carboxylic acid groups (broad SMARTS) is 1. The molecule has 0 aliphatic heterocycles. The lowest BCUT2D eigenvalue weighted by molar-refractivity contribution is -0.164. The molecule has 0 saturated heterocycles. The van der Waals surface area contributed by atoms with Gasteiger partial charge in [-0.15, -0.1) is 0 Å². The third-order valence-corrected chi connectivity index (χ3v) is 5.70. The van der Waals surface area contributed by atoms with E-state index >= 15 is 0 Å². The summed E-state index contributed by atoms with van der Waals surface area (Å²) in [5.41, 5.74) is 1.66. The highest BCUT2D eigenvalue weighted by Gasteiger charge is 2.43. The van der Waals surface area contributed by atoms with Gasteiger partial charge in [-0.25, -0.2) is 14.2 Å². The number of carbonyl (C=O) groups is 1. The number of carboxylic acids is 1. The maximum absolute atomic E-state index is 14.6. The van der Waals surface area contributed by atoms with Crippen molar-refractivity contribution in [3.63, 3.8) is 0 Å². The van der Waals surface area contributed by atoms with Crippen LogP contribution in [0, 0.1) is 12.7 Å². The number of aryl methyl sites for hydroxylation is 1. The van der Waals surface area contributed by atoms with E-state index in [-0.39, 0.29) is 17.7 Å². The number of hydrogen-bond donors (Lipinski definition) is 2. The molecule has 1 aromatic carbocycles. The Balaban J connectivity index is 2.16. The van der Waals surface area contributed by atoms with Gasteiger partial charge in [0.15, 0.2) is 5.65 Å². The summed E-state index contributed by atoms with van der Waals surface area (Å²) in [7, 11) is 1.50. The highest BCUT2D eigenvalue weighted by Crippen LogP contribution is 2.40. The molecular formula is C23H23F3N4O3. The highest BCUT2D eigenvalue weighted by molar-refractivity contribution is 5.94. The molecule has 4 aromatic rings. The predicted octanol–water partition coefficient (Wildman–Crippen LogP) is 4.54. The number of hydrogen-bond acceptors (Lipinski definition) is 4. The van der Waals surface area contributed by atoms with Crippen LogP contribution in [-0.4, -0.2) is 50.5 Å². The van der Waals surface area contributed by atoms with Gasteiger partial charge in [0.25, 0.3) is 0 Å². The summed E-state index contributed by atoms with van der Waals surface area (Å²) in [6, 6.07) is 6.21. The van der Waals surface area contributed by atoms with Crippen molar-refractivity contribution < 1.29 is 27.8 Å². The molecule has 0 fully saturated rings. The average molecular weight is 460 g/mol. The lowest BCUT2D eigenvalue weighted by Gasteiger charge is -2.28. The standard InChI is InChI=1S/C23H23F3N4O3/c1-12-7-14(5-6-16(12)24)30-17-8-13-10-27-29-20(13)28-18(17)15(9-23(25,26)21(31)32)19(30)22(2,3)11-33-4/h5-8,10H,9,11H2,1-4H3,(H,31,32)(H,27,28,29). The zero-order valence-corrected chi connectivity index (χ0v) is 18.5. The van der Waals surface area contributed by atoms with Crippen LogP contribution in [-0.2, 0) is 21.4 Å². The molecule has 0 spiro atoms. The van der Waals surface area contributed by atoms with Crippen LogP contribution in [0.25, 0.3) is 27.8 Å². The van der Waals surface area contributed by atoms with Gasteiger partial charge >= 0.3 is 11.9 Å². The molecule has 0 radical (unpaired) electrons. The lowest BCUT2D eigenvalue weighted by atomic mass is 9.85. The molecule has 174 valence electrons. The van der Waals surface area contributed by atoms with Gasteiger partial charge in [-0.05, 0) is 36.8 Å². The Kier molecular flexibility index (Phi) is 5.44. The number of ether oxygens (including phenoxy) is 1. The number of pyridine rings is 1. The summed E-state index contributed by atoms with van der Waals surface area (Å²) in [6.07, 6.45) is 0.488. The van der Waals surface area contributed by atoms with E-state index in [1.165, 1.54) is 13.2 Å². The van der Waals surface area contributed by atoms with Gasteiger partial charge in [0, 0.05) is 34.9 Å². The van der Waals surface area contributed by atoms with Crippen LogP contribution in [0.3, 0.4) is 0 Å². The lowest BCUT2D eigenvalue weighted by Crippen LogP contribution is -2.34. The van der Waals surface area contributed by atoms with Crippen LogP contribution in [0.4, 0.5) is 13.2 Å². The number of aliphatic carboxylic acids is 1. The Morgan fingerprint density at radius 1 is 1.27 bits per heavy atom. The fraction of sp³-hybridized carbons (Fsp3) is 0.348. The summed E-state index contributed by atoms with van der Waals surface area (Å²) in [5.74, 6) is -6.65. The third-order valence-electron chi connectivity index (χ3n) is 5.70. The van der Waals surface area contributed by atoms with Gasteiger partial charge in [0.2, 0.25) is 0 Å². The van der Waals surface area contributed by atoms with Gasteiger partial charge in [0.1, 0.15) is 5.82 Å². The smallest absolute Gasteiger partial charge is 0.374 e. The summed E-state index contributed by atoms with van der Waals surface area (Å²) >= 11 is 0. The van der Waals surface area contributed by atoms with Crippen LogP contribution < -0.4 is 0 Å². The van der Waals surface area contributed by atoms with Crippen molar-refractivity contribution in [3.8, 4) is 5.69 Å². The van der Waals surface area contributed by atoms with E-state index in [0.717, 1.165) is 0 Å². The monoisotopic (exact) mass is 460 g/mol. The second-order valence-corrected chi connectivity index (χ2v) is 8.76. The Morgan fingerprint density at radius 2 is 2.00 bits per heavy atom. The number of nitrogens with one attached hydrogen (secondary N) is 1. The molecular weight excluding hydrogens is 437 g/mol. The number of nitrogens with zero attached hydrogens (tertiary/aromatic N) is 3. The molecule has 2 N–H and O–H groups in total. The van der Waals surface area contributed by atoms with Crippen molar-refractivity contribution in [3.05, 3.63) is 53.1 Å². The molecule has 4 rings (SSSR count). The molecule has 7 nitrogen and oxygen atoms in total. The first-order valence-electron chi connectivity index (χ1n) is 10.2. The van der Waals surface area contributed by atoms with Crippen LogP contribution >= 0.6 is 0 Å². The Morgan fingerprint density at radius 3 is 2.64 bits per heavy atom. The molecule has 3 aromatic heterocycles. The van der Waals surface area contributed by atoms with Crippen LogP contribution in [0.1, 0.15) is 30.7 Å². The van der Waals surface area contributed by atoms with Gasteiger partial charge < -0.3 is 14.4 Å². The molecule has 10 heteroatoms. The van der Waals surface area contributed by atoms with E-state index < -0.39 is 29.5 Å². The maximum Gasteiger partial charge on any atom is 0.374 e. The number of methoxy groups -OCH3 is 1. The molecule has 3 heterocycles. The average Bonchev–Trinajstić information content (AvgIpc) is 3.30. The predicted molar refractivity (Wildman–Crippen MR) is 117 cm³/mol. The Labute approximate surface area is 187 Å². The van der Waals surface area contributed by atoms with E-state index in [1.807, 2.05) is 13.8 Å². The van der Waals surface area contributed by atoms with E-state index in [4.69, 9.17) is 9.84 Å². The molecule has 33 heavy (non-hydrogen) atoms. The van der Waals surface area contributed by atoms with E-state index in [0.29, 0.717) is 33.5 Å². The molecule has 0 aliphatic rings. The van der Waals surface area contributed by atoms with Gasteiger partial charge in [-0.2, -0.15) is 13.9 Å². The minimum absolute atomic E-state index is 0.0814. The summed E-state index contributed by atoms with van der Waals surface area (Å²) in [5, 5.41) is 16.5. The second-order valence-electron chi connectivity index (χ2n) is 8.76. The first-order chi connectivity index (χ1) is 15.5. The normalized spacial score (nSPS) is 12.7. The molecule has 0 atom stereocenters. The van der Waals surface area contributed by atoms with Crippen molar-refractivity contribution in [1.82, 2.24) is 19.7 Å². The van der Waals surface area contributed by atoms with E-state index in [1.54, 1.807) is 35.9 Å². The zero-order chi connectivity index (χ0) is 24.1. The molecule has 0 amide bonds. The largest absolute Gasteiger partial charge is 0.477 e. The van der Waals surface area contributed by atoms with Crippen LogP contribution in [0.2, 0.25) is 0 Å².